The number of anilines is 1. The Hall–Kier alpha value is -2.62. The fraction of sp³-hybridized carbons (Fsp3) is 0.188. The number of amides is 1. The summed E-state index contributed by atoms with van der Waals surface area (Å²) in [6.07, 6.45) is 0. The Kier molecular flexibility index (Phi) is 4.27. The summed E-state index contributed by atoms with van der Waals surface area (Å²) in [4.78, 5) is 28.6. The number of hydrogen-bond donors (Lipinski definition) is 2. The Bertz CT molecular complexity index is 1040. The van der Waals surface area contributed by atoms with Crippen molar-refractivity contribution in [3.8, 4) is 11.6 Å². The summed E-state index contributed by atoms with van der Waals surface area (Å²) in [5, 5.41) is 14.9. The van der Waals surface area contributed by atoms with Crippen LogP contribution in [0.5, 0.6) is 5.88 Å². The van der Waals surface area contributed by atoms with Gasteiger partial charge in [0, 0.05) is 11.1 Å². The molecule has 8 nitrogen and oxygen atoms in total. The fourth-order valence-electron chi connectivity index (χ4n) is 2.78. The molecule has 1 amide bonds. The van der Waals surface area contributed by atoms with Crippen LogP contribution in [-0.2, 0) is 17.9 Å². The summed E-state index contributed by atoms with van der Waals surface area (Å²) in [6, 6.07) is 4.68. The smallest absolute Gasteiger partial charge is 0.336 e. The van der Waals surface area contributed by atoms with Crippen LogP contribution >= 0.6 is 22.9 Å². The summed E-state index contributed by atoms with van der Waals surface area (Å²) in [7, 11) is 0. The monoisotopic (exact) mass is 392 g/mol. The number of carbonyl (C=O) groups excluding carboxylic acids is 1. The van der Waals surface area contributed by atoms with Crippen molar-refractivity contribution in [3.05, 3.63) is 56.0 Å². The Morgan fingerprint density at radius 3 is 2.96 bits per heavy atom. The van der Waals surface area contributed by atoms with Crippen LogP contribution in [0.1, 0.15) is 16.2 Å². The van der Waals surface area contributed by atoms with E-state index in [0.29, 0.717) is 35.9 Å². The lowest BCUT2D eigenvalue weighted by atomic mass is 10.2. The molecule has 0 bridgehead atoms. The molecule has 0 atom stereocenters. The van der Waals surface area contributed by atoms with Crippen LogP contribution in [0.4, 0.5) is 5.69 Å². The molecular weight excluding hydrogens is 380 g/mol. The molecule has 0 fully saturated rings. The second kappa shape index (κ2) is 6.60. The van der Waals surface area contributed by atoms with E-state index < -0.39 is 0 Å². The number of imidazole rings is 1. The third kappa shape index (κ3) is 2.79. The van der Waals surface area contributed by atoms with Gasteiger partial charge in [0.1, 0.15) is 11.4 Å². The zero-order chi connectivity index (χ0) is 18.3. The van der Waals surface area contributed by atoms with Gasteiger partial charge in [-0.1, -0.05) is 11.6 Å². The molecule has 26 heavy (non-hydrogen) atoms. The van der Waals surface area contributed by atoms with Crippen molar-refractivity contribution in [1.82, 2.24) is 14.1 Å². The van der Waals surface area contributed by atoms with Crippen molar-refractivity contribution in [3.63, 3.8) is 0 Å². The van der Waals surface area contributed by atoms with E-state index in [1.807, 2.05) is 0 Å². The van der Waals surface area contributed by atoms with E-state index in [4.69, 9.17) is 16.3 Å². The molecule has 0 aliphatic carbocycles. The number of fused-ring (bicyclic) bond motifs is 1. The summed E-state index contributed by atoms with van der Waals surface area (Å²) < 4.78 is 7.89. The molecule has 1 aromatic carbocycles. The van der Waals surface area contributed by atoms with Crippen molar-refractivity contribution in [1.29, 1.82) is 0 Å². The predicted octanol–water partition coefficient (Wildman–Crippen LogP) is 2.24. The number of benzene rings is 1. The largest absolute Gasteiger partial charge is 0.493 e. The third-order valence-corrected chi connectivity index (χ3v) is 4.92. The molecule has 1 aliphatic rings. The Labute approximate surface area is 156 Å². The highest BCUT2D eigenvalue weighted by Gasteiger charge is 2.24. The van der Waals surface area contributed by atoms with Crippen molar-refractivity contribution < 1.29 is 14.6 Å². The van der Waals surface area contributed by atoms with Crippen molar-refractivity contribution in [2.75, 3.05) is 11.9 Å². The minimum Gasteiger partial charge on any atom is -0.493 e. The normalized spacial score (nSPS) is 13.4. The van der Waals surface area contributed by atoms with E-state index in [1.54, 1.807) is 23.0 Å². The number of nitrogens with one attached hydrogen (secondary N) is 1. The van der Waals surface area contributed by atoms with Gasteiger partial charge in [0.2, 0.25) is 5.88 Å². The first-order valence-corrected chi connectivity index (χ1v) is 8.99. The average Bonchev–Trinajstić information content (AvgIpc) is 3.25. The van der Waals surface area contributed by atoms with Crippen LogP contribution in [0.3, 0.4) is 0 Å². The first-order valence-electron chi connectivity index (χ1n) is 7.67. The van der Waals surface area contributed by atoms with Gasteiger partial charge in [0.25, 0.3) is 5.91 Å². The number of aromatic nitrogens is 3. The molecule has 0 radical (unpaired) electrons. The maximum absolute atomic E-state index is 12.6. The Balaban J connectivity index is 1.68. The minimum atomic E-state index is -0.387. The summed E-state index contributed by atoms with van der Waals surface area (Å²) in [6.45, 7) is 0.938. The van der Waals surface area contributed by atoms with E-state index in [1.165, 1.54) is 22.0 Å². The lowest BCUT2D eigenvalue weighted by Crippen LogP contribution is -2.28. The number of halogens is 1. The van der Waals surface area contributed by atoms with Gasteiger partial charge in [-0.15, -0.1) is 11.3 Å². The molecule has 1 aliphatic heterocycles. The number of aromatic hydroxyl groups is 1. The molecule has 0 saturated carbocycles. The molecule has 3 aromatic rings. The van der Waals surface area contributed by atoms with Gasteiger partial charge in [-0.3, -0.25) is 9.36 Å². The van der Waals surface area contributed by atoms with Crippen LogP contribution in [0.25, 0.3) is 5.69 Å². The lowest BCUT2D eigenvalue weighted by molar-refractivity contribution is 0.0819. The molecule has 2 N–H and O–H groups in total. The quantitative estimate of drug-likeness (QED) is 0.712. The molecule has 0 saturated heterocycles. The van der Waals surface area contributed by atoms with Crippen molar-refractivity contribution >= 4 is 34.5 Å². The van der Waals surface area contributed by atoms with Gasteiger partial charge in [-0.05, 0) is 18.2 Å². The molecule has 10 heteroatoms. The number of rotatable bonds is 3. The number of ether oxygens (including phenoxy) is 1. The highest BCUT2D eigenvalue weighted by molar-refractivity contribution is 7.07. The molecule has 0 unspecified atom stereocenters. The van der Waals surface area contributed by atoms with E-state index in [-0.39, 0.29) is 29.1 Å². The van der Waals surface area contributed by atoms with Crippen LogP contribution < -0.4 is 11.0 Å². The zero-order valence-electron chi connectivity index (χ0n) is 13.3. The first-order chi connectivity index (χ1) is 12.6. The summed E-state index contributed by atoms with van der Waals surface area (Å²) in [5.74, 6) is -0.553. The molecule has 134 valence electrons. The van der Waals surface area contributed by atoms with Gasteiger partial charge in [-0.25, -0.2) is 14.3 Å². The van der Waals surface area contributed by atoms with E-state index in [0.717, 1.165) is 4.57 Å². The molecular formula is C16H13ClN4O4S. The minimum absolute atomic E-state index is 0.160. The SMILES string of the molecule is O=C(Nc1ccc(-n2c(O)c3n(c2=O)CCOC3)c(Cl)c1)c1cscn1. The molecule has 2 aromatic heterocycles. The van der Waals surface area contributed by atoms with Gasteiger partial charge < -0.3 is 15.2 Å². The second-order valence-electron chi connectivity index (χ2n) is 5.59. The predicted molar refractivity (Wildman–Crippen MR) is 96.4 cm³/mol. The average molecular weight is 393 g/mol. The summed E-state index contributed by atoms with van der Waals surface area (Å²) in [5.41, 5.74) is 2.68. The number of hydrogen-bond acceptors (Lipinski definition) is 6. The highest BCUT2D eigenvalue weighted by atomic mass is 35.5. The number of carbonyl (C=O) groups is 1. The van der Waals surface area contributed by atoms with Gasteiger partial charge in [0.05, 0.1) is 36.0 Å². The Morgan fingerprint density at radius 1 is 1.42 bits per heavy atom. The molecule has 0 spiro atoms. The fourth-order valence-corrected chi connectivity index (χ4v) is 3.57. The van der Waals surface area contributed by atoms with Crippen molar-refractivity contribution in [2.24, 2.45) is 0 Å². The Morgan fingerprint density at radius 2 is 2.27 bits per heavy atom. The van der Waals surface area contributed by atoms with Crippen LogP contribution in [-0.4, -0.2) is 31.7 Å². The van der Waals surface area contributed by atoms with Crippen molar-refractivity contribution in [2.45, 2.75) is 13.2 Å². The highest BCUT2D eigenvalue weighted by Crippen LogP contribution is 2.29. The molecule has 3 heterocycles. The topological polar surface area (TPSA) is 98.4 Å². The van der Waals surface area contributed by atoms with Gasteiger partial charge in [0.15, 0.2) is 0 Å². The lowest BCUT2D eigenvalue weighted by Gasteiger charge is -2.13. The standard InChI is InChI=1S/C16H13ClN4O4S/c17-10-5-9(19-14(22)11-7-26-8-18-11)1-2-12(10)21-15(23)13-6-25-4-3-20(13)16(21)24/h1-2,5,7-8,23H,3-4,6H2,(H,19,22). The van der Waals surface area contributed by atoms with E-state index >= 15 is 0 Å². The van der Waals surface area contributed by atoms with E-state index in [9.17, 15) is 14.7 Å². The van der Waals surface area contributed by atoms with Crippen LogP contribution in [0.2, 0.25) is 5.02 Å². The maximum atomic E-state index is 12.6. The zero-order valence-corrected chi connectivity index (χ0v) is 14.9. The van der Waals surface area contributed by atoms with Gasteiger partial charge in [-0.2, -0.15) is 0 Å². The maximum Gasteiger partial charge on any atom is 0.336 e. The number of nitrogens with zero attached hydrogens (tertiary/aromatic N) is 3. The summed E-state index contributed by atoms with van der Waals surface area (Å²) >= 11 is 7.62. The second-order valence-corrected chi connectivity index (χ2v) is 6.71. The van der Waals surface area contributed by atoms with Gasteiger partial charge >= 0.3 is 5.69 Å². The third-order valence-electron chi connectivity index (χ3n) is 4.03. The van der Waals surface area contributed by atoms with Crippen LogP contribution in [0, 0.1) is 0 Å². The van der Waals surface area contributed by atoms with Crippen LogP contribution in [0.15, 0.2) is 33.9 Å². The number of thiazole rings is 1. The molecule has 4 rings (SSSR count). The van der Waals surface area contributed by atoms with E-state index in [2.05, 4.69) is 10.3 Å². The first kappa shape index (κ1) is 16.8.